The van der Waals surface area contributed by atoms with Gasteiger partial charge in [0.2, 0.25) is 0 Å². The predicted octanol–water partition coefficient (Wildman–Crippen LogP) is 17.0. The molecular weight excluding hydrogens is 761 g/mol. The van der Waals surface area contributed by atoms with E-state index in [1.54, 1.807) is 0 Å². The Kier molecular flexibility index (Phi) is 10.6. The van der Waals surface area contributed by atoms with Crippen molar-refractivity contribution < 1.29 is 0 Å². The molecule has 0 heterocycles. The standard InChI is InChI=1S/C55H44N2.C6H6/c1-4-37-19-28-44(29-20-37)57(45-30-23-41(24-31-45)50-18-10-14-39-12-6-8-16-48(39)50)46-32-34-52-51-33-27-43(35-53(51)55(2,3)54(52)36-46)56-42-25-21-40(22-26-42)49-17-9-13-38-11-5-7-15-47(38)49;1-2-4-6-5-3-1/h4-5,7-11,13-36,56H,1,6,12H2,2-3H3;1-6H. The van der Waals surface area contributed by atoms with Crippen LogP contribution in [0.2, 0.25) is 0 Å². The number of rotatable bonds is 8. The van der Waals surface area contributed by atoms with Crippen LogP contribution in [0.15, 0.2) is 219 Å². The van der Waals surface area contributed by atoms with Gasteiger partial charge in [0.1, 0.15) is 0 Å². The van der Waals surface area contributed by atoms with Gasteiger partial charge in [-0.1, -0.05) is 184 Å². The first-order valence-electron chi connectivity index (χ1n) is 22.0. The van der Waals surface area contributed by atoms with Gasteiger partial charge in [-0.25, -0.2) is 0 Å². The first kappa shape index (κ1) is 39.5. The number of aryl methyl sites for hydroxylation is 1. The van der Waals surface area contributed by atoms with E-state index in [0.717, 1.165) is 46.8 Å². The van der Waals surface area contributed by atoms with Crippen molar-refractivity contribution in [1.82, 2.24) is 0 Å². The normalized spacial score (nSPS) is 12.9. The number of allylic oxidation sites excluding steroid dienone is 1. The molecule has 0 aromatic heterocycles. The van der Waals surface area contributed by atoms with Gasteiger partial charge in [-0.15, -0.1) is 0 Å². The summed E-state index contributed by atoms with van der Waals surface area (Å²) in [5.74, 6) is 0. The third-order valence-electron chi connectivity index (χ3n) is 12.7. The Morgan fingerprint density at radius 1 is 0.508 bits per heavy atom. The fraction of sp³-hybridized carbons (Fsp3) is 0.0820. The Hall–Kier alpha value is -7.68. The molecule has 11 rings (SSSR count). The maximum absolute atomic E-state index is 4.00. The first-order chi connectivity index (χ1) is 30.9. The molecule has 0 saturated carbocycles. The quantitative estimate of drug-likeness (QED) is 0.164. The maximum Gasteiger partial charge on any atom is 0.0465 e. The minimum atomic E-state index is -0.196. The minimum absolute atomic E-state index is 0.196. The molecule has 0 bridgehead atoms. The summed E-state index contributed by atoms with van der Waals surface area (Å²) < 4.78 is 0. The predicted molar refractivity (Wildman–Crippen MR) is 271 cm³/mol. The van der Waals surface area contributed by atoms with E-state index >= 15 is 0 Å². The number of fused-ring (bicyclic) bond motifs is 5. The Balaban J connectivity index is 0.000000727. The number of hydrogen-bond acceptors (Lipinski definition) is 2. The molecular formula is C61H50N2. The lowest BCUT2D eigenvalue weighted by atomic mass is 9.82. The highest BCUT2D eigenvalue weighted by Gasteiger charge is 2.36. The smallest absolute Gasteiger partial charge is 0.0465 e. The van der Waals surface area contributed by atoms with Crippen molar-refractivity contribution in [3.8, 4) is 33.4 Å². The van der Waals surface area contributed by atoms with Gasteiger partial charge in [0.05, 0.1) is 0 Å². The third kappa shape index (κ3) is 7.77. The van der Waals surface area contributed by atoms with E-state index in [1.165, 1.54) is 66.4 Å². The molecule has 2 nitrogen and oxygen atoms in total. The monoisotopic (exact) mass is 810 g/mol. The zero-order valence-corrected chi connectivity index (χ0v) is 35.9. The molecule has 0 saturated heterocycles. The summed E-state index contributed by atoms with van der Waals surface area (Å²) in [4.78, 5) is 2.38. The van der Waals surface area contributed by atoms with Gasteiger partial charge in [0.25, 0.3) is 0 Å². The van der Waals surface area contributed by atoms with Gasteiger partial charge in [0, 0.05) is 33.9 Å². The highest BCUT2D eigenvalue weighted by Crippen LogP contribution is 2.51. The molecule has 2 aliphatic carbocycles. The summed E-state index contributed by atoms with van der Waals surface area (Å²) in [5, 5.41) is 6.24. The van der Waals surface area contributed by atoms with Gasteiger partial charge in [-0.2, -0.15) is 0 Å². The highest BCUT2D eigenvalue weighted by atomic mass is 15.1. The molecule has 0 spiro atoms. The fourth-order valence-corrected chi connectivity index (χ4v) is 9.42. The van der Waals surface area contributed by atoms with Crippen LogP contribution in [0.25, 0.3) is 56.3 Å². The molecule has 1 N–H and O–H groups in total. The van der Waals surface area contributed by atoms with E-state index in [1.807, 2.05) is 42.5 Å². The summed E-state index contributed by atoms with van der Waals surface area (Å²) in [7, 11) is 0. The van der Waals surface area contributed by atoms with E-state index in [2.05, 4.69) is 213 Å². The minimum Gasteiger partial charge on any atom is -0.356 e. The van der Waals surface area contributed by atoms with Gasteiger partial charge >= 0.3 is 0 Å². The van der Waals surface area contributed by atoms with E-state index in [9.17, 15) is 0 Å². The van der Waals surface area contributed by atoms with Crippen LogP contribution in [0.4, 0.5) is 28.4 Å². The Morgan fingerprint density at radius 3 is 1.81 bits per heavy atom. The zero-order valence-electron chi connectivity index (χ0n) is 35.9. The summed E-state index contributed by atoms with van der Waals surface area (Å²) in [6, 6.07) is 74.2. The van der Waals surface area contributed by atoms with Crippen molar-refractivity contribution in [3.63, 3.8) is 0 Å². The van der Waals surface area contributed by atoms with Crippen molar-refractivity contribution in [2.24, 2.45) is 0 Å². The largest absolute Gasteiger partial charge is 0.356 e. The number of nitrogens with one attached hydrogen (secondary N) is 1. The van der Waals surface area contributed by atoms with Gasteiger partial charge in [0.15, 0.2) is 0 Å². The van der Waals surface area contributed by atoms with Crippen molar-refractivity contribution >= 4 is 51.4 Å². The maximum atomic E-state index is 4.00. The lowest BCUT2D eigenvalue weighted by molar-refractivity contribution is 0.660. The van der Waals surface area contributed by atoms with Crippen molar-refractivity contribution in [2.45, 2.75) is 32.1 Å². The molecule has 2 heteroatoms. The molecule has 0 radical (unpaired) electrons. The molecule has 0 atom stereocenters. The number of hydrogen-bond donors (Lipinski definition) is 1. The lowest BCUT2D eigenvalue weighted by Crippen LogP contribution is -2.16. The summed E-state index contributed by atoms with van der Waals surface area (Å²) in [6.45, 7) is 8.71. The topological polar surface area (TPSA) is 15.3 Å². The average molecular weight is 811 g/mol. The molecule has 63 heavy (non-hydrogen) atoms. The van der Waals surface area contributed by atoms with Gasteiger partial charge in [-0.05, 0) is 145 Å². The van der Waals surface area contributed by atoms with Crippen molar-refractivity contribution in [3.05, 3.63) is 247 Å². The van der Waals surface area contributed by atoms with E-state index in [4.69, 9.17) is 0 Å². The summed E-state index contributed by atoms with van der Waals surface area (Å²) in [5.41, 5.74) is 19.5. The van der Waals surface area contributed by atoms with Gasteiger partial charge in [-0.3, -0.25) is 0 Å². The van der Waals surface area contributed by atoms with Crippen LogP contribution in [-0.4, -0.2) is 0 Å². The SMILES string of the molecule is C=Cc1ccc(N(c2ccc(-c3cccc4c3C=CCC4)cc2)c2ccc3c(c2)C(C)(C)c2cc(Nc4ccc(-c5cccc6ccccc56)cc4)ccc2-3)cc1.c1ccccc1. The number of anilines is 5. The second-order valence-electron chi connectivity index (χ2n) is 17.0. The van der Waals surface area contributed by atoms with Crippen LogP contribution in [-0.2, 0) is 11.8 Å². The van der Waals surface area contributed by atoms with E-state index < -0.39 is 0 Å². The summed E-state index contributed by atoms with van der Waals surface area (Å²) in [6.07, 6.45) is 8.70. The lowest BCUT2D eigenvalue weighted by Gasteiger charge is -2.28. The second-order valence-corrected chi connectivity index (χ2v) is 17.0. The molecule has 0 amide bonds. The third-order valence-corrected chi connectivity index (χ3v) is 12.7. The Labute approximate surface area is 372 Å². The van der Waals surface area contributed by atoms with Crippen LogP contribution >= 0.6 is 0 Å². The second kappa shape index (κ2) is 17.0. The Morgan fingerprint density at radius 2 is 1.08 bits per heavy atom. The molecule has 0 fully saturated rings. The summed E-state index contributed by atoms with van der Waals surface area (Å²) >= 11 is 0. The average Bonchev–Trinajstić information content (AvgIpc) is 3.57. The molecule has 2 aliphatic rings. The van der Waals surface area contributed by atoms with Crippen LogP contribution in [0.1, 0.15) is 48.1 Å². The van der Waals surface area contributed by atoms with Crippen molar-refractivity contribution in [2.75, 3.05) is 10.2 Å². The molecule has 0 aliphatic heterocycles. The van der Waals surface area contributed by atoms with Crippen LogP contribution < -0.4 is 10.2 Å². The first-order valence-corrected chi connectivity index (χ1v) is 22.0. The zero-order chi connectivity index (χ0) is 42.8. The Bertz CT molecular complexity index is 3070. The van der Waals surface area contributed by atoms with E-state index in [0.29, 0.717) is 0 Å². The number of nitrogens with zero attached hydrogens (tertiary/aromatic N) is 1. The molecule has 9 aromatic carbocycles. The number of benzene rings is 9. The van der Waals surface area contributed by atoms with Crippen LogP contribution in [0.3, 0.4) is 0 Å². The molecule has 304 valence electrons. The van der Waals surface area contributed by atoms with Crippen LogP contribution in [0, 0.1) is 0 Å². The van der Waals surface area contributed by atoms with Crippen LogP contribution in [0.5, 0.6) is 0 Å². The fourth-order valence-electron chi connectivity index (χ4n) is 9.42. The molecule has 9 aromatic rings. The van der Waals surface area contributed by atoms with E-state index in [-0.39, 0.29) is 5.41 Å². The van der Waals surface area contributed by atoms with Crippen molar-refractivity contribution in [1.29, 1.82) is 0 Å². The highest BCUT2D eigenvalue weighted by molar-refractivity contribution is 5.97. The molecule has 0 unspecified atom stereocenters. The van der Waals surface area contributed by atoms with Gasteiger partial charge < -0.3 is 10.2 Å².